The van der Waals surface area contributed by atoms with Crippen LogP contribution in [0.2, 0.25) is 0 Å². The number of ether oxygens (including phenoxy) is 1. The van der Waals surface area contributed by atoms with Crippen LogP contribution in [0.5, 0.6) is 0 Å². The van der Waals surface area contributed by atoms with E-state index in [0.29, 0.717) is 25.8 Å². The minimum atomic E-state index is -0.809. The van der Waals surface area contributed by atoms with Crippen molar-refractivity contribution in [2.45, 2.75) is 94.3 Å². The van der Waals surface area contributed by atoms with E-state index in [-0.39, 0.29) is 41.7 Å². The Bertz CT molecular complexity index is 1180. The highest BCUT2D eigenvalue weighted by atomic mass is 32.2. The highest BCUT2D eigenvalue weighted by molar-refractivity contribution is 8.02. The summed E-state index contributed by atoms with van der Waals surface area (Å²) in [5.41, 5.74) is 0.404. The lowest BCUT2D eigenvalue weighted by atomic mass is 9.71. The number of likely N-dealkylation sites (tertiary alicyclic amines) is 1. The molecular weight excluding hydrogens is 548 g/mol. The second-order valence-electron chi connectivity index (χ2n) is 13.9. The second-order valence-corrected chi connectivity index (χ2v) is 15.5. The molecule has 8 heteroatoms. The molecular formula is C34H48N2O5S. The van der Waals surface area contributed by atoms with Gasteiger partial charge in [-0.25, -0.2) is 0 Å². The first-order valence-electron chi connectivity index (χ1n) is 15.2. The number of aliphatic hydroxyl groups is 1. The van der Waals surface area contributed by atoms with Crippen LogP contribution in [-0.4, -0.2) is 80.1 Å². The van der Waals surface area contributed by atoms with Crippen molar-refractivity contribution in [1.82, 2.24) is 9.80 Å². The molecule has 3 aliphatic rings. The van der Waals surface area contributed by atoms with E-state index in [1.54, 1.807) is 28.8 Å². The van der Waals surface area contributed by atoms with Crippen molar-refractivity contribution in [3.8, 4) is 0 Å². The third-order valence-corrected chi connectivity index (χ3v) is 11.0. The zero-order chi connectivity index (χ0) is 30.9. The molecule has 1 N–H and O–H groups in total. The van der Waals surface area contributed by atoms with Crippen LogP contribution in [0.4, 0.5) is 0 Å². The van der Waals surface area contributed by atoms with Gasteiger partial charge in [0, 0.05) is 17.3 Å². The molecule has 1 aromatic carbocycles. The van der Waals surface area contributed by atoms with Gasteiger partial charge in [0.2, 0.25) is 11.8 Å². The van der Waals surface area contributed by atoms with Gasteiger partial charge in [-0.3, -0.25) is 14.4 Å². The number of thioether (sulfide) groups is 1. The van der Waals surface area contributed by atoms with Gasteiger partial charge < -0.3 is 19.6 Å². The van der Waals surface area contributed by atoms with Crippen molar-refractivity contribution >= 4 is 29.5 Å². The Morgan fingerprint density at radius 3 is 2.48 bits per heavy atom. The first-order valence-corrected chi connectivity index (χ1v) is 16.0. The topological polar surface area (TPSA) is 87.2 Å². The van der Waals surface area contributed by atoms with Gasteiger partial charge in [-0.1, -0.05) is 63.3 Å². The summed E-state index contributed by atoms with van der Waals surface area (Å²) in [6, 6.07) is 8.30. The Kier molecular flexibility index (Phi) is 9.68. The predicted molar refractivity (Wildman–Crippen MR) is 168 cm³/mol. The van der Waals surface area contributed by atoms with Crippen LogP contribution in [0.15, 0.2) is 55.6 Å². The number of aliphatic hydroxyl groups excluding tert-OH is 1. The number of benzene rings is 1. The van der Waals surface area contributed by atoms with Crippen LogP contribution in [-0.2, 0) is 25.5 Å². The van der Waals surface area contributed by atoms with E-state index in [9.17, 15) is 19.5 Å². The molecule has 1 spiro atoms. The van der Waals surface area contributed by atoms with Crippen molar-refractivity contribution in [3.63, 3.8) is 0 Å². The lowest BCUT2D eigenvalue weighted by Crippen LogP contribution is -2.61. The number of nitrogens with zero attached hydrogens (tertiary/aromatic N) is 2. The molecule has 2 unspecified atom stereocenters. The lowest BCUT2D eigenvalue weighted by molar-refractivity contribution is -0.154. The number of hydrogen-bond donors (Lipinski definition) is 1. The van der Waals surface area contributed by atoms with E-state index < -0.39 is 34.2 Å². The van der Waals surface area contributed by atoms with Gasteiger partial charge in [0.25, 0.3) is 0 Å². The largest absolute Gasteiger partial charge is 0.465 e. The molecule has 1 aromatic rings. The van der Waals surface area contributed by atoms with Crippen LogP contribution in [0, 0.1) is 17.3 Å². The highest BCUT2D eigenvalue weighted by Crippen LogP contribution is 2.67. The maximum atomic E-state index is 15.0. The van der Waals surface area contributed by atoms with Gasteiger partial charge in [-0.15, -0.1) is 24.9 Å². The van der Waals surface area contributed by atoms with Crippen LogP contribution in [0.1, 0.15) is 65.9 Å². The molecule has 2 amide bonds. The molecule has 230 valence electrons. The molecule has 0 saturated carbocycles. The number of amides is 2. The smallest absolute Gasteiger partial charge is 0.310 e. The van der Waals surface area contributed by atoms with Gasteiger partial charge in [0.1, 0.15) is 6.04 Å². The third-order valence-electron chi connectivity index (χ3n) is 9.00. The molecule has 0 aromatic heterocycles. The Balaban J connectivity index is 1.79. The molecule has 42 heavy (non-hydrogen) atoms. The van der Waals surface area contributed by atoms with Crippen LogP contribution >= 0.6 is 11.8 Å². The first-order chi connectivity index (χ1) is 19.8. The Hall–Kier alpha value is -2.58. The van der Waals surface area contributed by atoms with Gasteiger partial charge in [-0.2, -0.15) is 0 Å². The molecule has 0 radical (unpaired) electrons. The standard InChI is InChI=1S/C34H48N2O5S/c1-8-10-19-41-31(40)26-25-16-17-34(42-25)27(26)29(38)36(24(21-37)20-23-14-12-11-13-15-23)28(34)30(39)35(18-9-2)33(6,7)22-32(3,4)5/h8-9,11-15,24-28,37H,1-2,10,16-22H2,3-7H3/t24-,25+,26-,27+,28?,34?/m1/s1. The van der Waals surface area contributed by atoms with Crippen molar-refractivity contribution in [3.05, 3.63) is 61.2 Å². The predicted octanol–water partition coefficient (Wildman–Crippen LogP) is 5.03. The number of hydrogen-bond acceptors (Lipinski definition) is 6. The summed E-state index contributed by atoms with van der Waals surface area (Å²) in [5.74, 6) is -2.03. The van der Waals surface area contributed by atoms with Crippen molar-refractivity contribution < 1.29 is 24.2 Å². The Labute approximate surface area is 255 Å². The van der Waals surface area contributed by atoms with E-state index in [1.807, 2.05) is 35.2 Å². The quantitative estimate of drug-likeness (QED) is 0.195. The number of carbonyl (C=O) groups is 3. The summed E-state index contributed by atoms with van der Waals surface area (Å²) in [6.45, 7) is 18.5. The Morgan fingerprint density at radius 1 is 1.19 bits per heavy atom. The van der Waals surface area contributed by atoms with Crippen LogP contribution in [0.3, 0.4) is 0 Å². The zero-order valence-corrected chi connectivity index (χ0v) is 26.7. The van der Waals surface area contributed by atoms with Crippen LogP contribution < -0.4 is 0 Å². The number of esters is 1. The average Bonchev–Trinajstić information content (AvgIpc) is 3.56. The van der Waals surface area contributed by atoms with E-state index >= 15 is 0 Å². The molecule has 3 heterocycles. The summed E-state index contributed by atoms with van der Waals surface area (Å²) >= 11 is 1.62. The van der Waals surface area contributed by atoms with E-state index in [1.165, 1.54) is 0 Å². The van der Waals surface area contributed by atoms with Crippen LogP contribution in [0.25, 0.3) is 0 Å². The number of fused-ring (bicyclic) bond motifs is 1. The van der Waals surface area contributed by atoms with Crippen molar-refractivity contribution in [2.24, 2.45) is 17.3 Å². The maximum Gasteiger partial charge on any atom is 0.310 e. The molecule has 3 saturated heterocycles. The van der Waals surface area contributed by atoms with Crippen molar-refractivity contribution in [2.75, 3.05) is 19.8 Å². The maximum absolute atomic E-state index is 15.0. The van der Waals surface area contributed by atoms with E-state index in [2.05, 4.69) is 47.8 Å². The molecule has 6 atom stereocenters. The van der Waals surface area contributed by atoms with Gasteiger partial charge >= 0.3 is 5.97 Å². The fraction of sp³-hybridized carbons (Fsp3) is 0.618. The normalized spacial score (nSPS) is 27.5. The first kappa shape index (κ1) is 32.3. The molecule has 3 aliphatic heterocycles. The zero-order valence-electron chi connectivity index (χ0n) is 25.9. The number of rotatable bonds is 13. The number of carbonyl (C=O) groups excluding carboxylic acids is 3. The minimum absolute atomic E-state index is 0.0446. The summed E-state index contributed by atoms with van der Waals surface area (Å²) in [5, 5.41) is 10.6. The molecule has 2 bridgehead atoms. The SMILES string of the molecule is C=CCCOC(=O)[C@@H]1[C@@H]2CCC3(S2)C(C(=O)N(CC=C)C(C)(C)CC(C)(C)C)N([C@@H](CO)Cc2ccccc2)C(=O)[C@H]13. The van der Waals surface area contributed by atoms with E-state index in [0.717, 1.165) is 18.4 Å². The molecule has 0 aliphatic carbocycles. The third kappa shape index (κ3) is 6.07. The van der Waals surface area contributed by atoms with E-state index in [4.69, 9.17) is 4.74 Å². The Morgan fingerprint density at radius 2 is 1.88 bits per heavy atom. The minimum Gasteiger partial charge on any atom is -0.465 e. The fourth-order valence-electron chi connectivity index (χ4n) is 7.81. The monoisotopic (exact) mass is 596 g/mol. The summed E-state index contributed by atoms with van der Waals surface area (Å²) in [4.78, 5) is 46.5. The highest BCUT2D eigenvalue weighted by Gasteiger charge is 2.75. The molecule has 7 nitrogen and oxygen atoms in total. The second kappa shape index (κ2) is 12.6. The van der Waals surface area contributed by atoms with Gasteiger partial charge in [-0.05, 0) is 56.9 Å². The van der Waals surface area contributed by atoms with Gasteiger partial charge in [0.05, 0.1) is 35.8 Å². The van der Waals surface area contributed by atoms with Gasteiger partial charge in [0.15, 0.2) is 0 Å². The molecule has 3 fully saturated rings. The lowest BCUT2D eigenvalue weighted by Gasteiger charge is -2.46. The summed E-state index contributed by atoms with van der Waals surface area (Å²) in [7, 11) is 0. The fourth-order valence-corrected chi connectivity index (χ4v) is 10.0. The summed E-state index contributed by atoms with van der Waals surface area (Å²) in [6.07, 6.45) is 6.53. The average molecular weight is 597 g/mol. The van der Waals surface area contributed by atoms with Crippen molar-refractivity contribution in [1.29, 1.82) is 0 Å². The summed E-state index contributed by atoms with van der Waals surface area (Å²) < 4.78 is 4.87. The molecule has 4 rings (SSSR count).